The van der Waals surface area contributed by atoms with Crippen LogP contribution < -0.4 is 5.43 Å². The maximum Gasteiger partial charge on any atom is 0.237 e. The van der Waals surface area contributed by atoms with Gasteiger partial charge in [-0.05, 0) is 31.0 Å². The molecule has 1 aromatic rings. The molecule has 0 aliphatic heterocycles. The van der Waals surface area contributed by atoms with Crippen molar-refractivity contribution in [2.75, 3.05) is 5.43 Å². The number of rotatable bonds is 2. The molecule has 0 radical (unpaired) electrons. The molecular weight excluding hydrogens is 204 g/mol. The summed E-state index contributed by atoms with van der Waals surface area (Å²) in [5.41, 5.74) is 4.22. The Labute approximate surface area is 93.3 Å². The van der Waals surface area contributed by atoms with Gasteiger partial charge in [0.2, 0.25) is 5.71 Å². The number of phenolic OH excluding ortho intramolecular Hbond substituents is 1. The first-order valence-corrected chi connectivity index (χ1v) is 4.52. The lowest BCUT2D eigenvalue weighted by Gasteiger charge is -2.07. The van der Waals surface area contributed by atoms with Gasteiger partial charge >= 0.3 is 0 Å². The summed E-state index contributed by atoms with van der Waals surface area (Å²) in [6, 6.07) is 6.73. The normalized spacial score (nSPS) is 8.75. The van der Waals surface area contributed by atoms with Crippen molar-refractivity contribution < 1.29 is 5.11 Å². The Hall–Kier alpha value is -2.53. The lowest BCUT2D eigenvalue weighted by Crippen LogP contribution is -1.97. The fourth-order valence-corrected chi connectivity index (χ4v) is 1.24. The first kappa shape index (κ1) is 11.5. The number of hydrazone groups is 1. The summed E-state index contributed by atoms with van der Waals surface area (Å²) in [6.07, 6.45) is 0. The molecule has 0 spiro atoms. The Balaban J connectivity index is 3.05. The highest BCUT2D eigenvalue weighted by atomic mass is 16.3. The summed E-state index contributed by atoms with van der Waals surface area (Å²) in [5, 5.41) is 30.2. The first-order valence-electron chi connectivity index (χ1n) is 4.52. The summed E-state index contributed by atoms with van der Waals surface area (Å²) in [4.78, 5) is 0. The van der Waals surface area contributed by atoms with Crippen molar-refractivity contribution in [2.45, 2.75) is 13.8 Å². The number of anilines is 1. The molecule has 0 unspecified atom stereocenters. The van der Waals surface area contributed by atoms with Crippen molar-refractivity contribution in [3.8, 4) is 17.9 Å². The van der Waals surface area contributed by atoms with E-state index in [2.05, 4.69) is 10.5 Å². The van der Waals surface area contributed by atoms with E-state index in [1.165, 1.54) is 0 Å². The van der Waals surface area contributed by atoms with E-state index in [1.807, 2.05) is 13.0 Å². The van der Waals surface area contributed by atoms with Crippen LogP contribution in [-0.2, 0) is 0 Å². The van der Waals surface area contributed by atoms with Gasteiger partial charge in [0.25, 0.3) is 0 Å². The van der Waals surface area contributed by atoms with Gasteiger partial charge in [-0.3, -0.25) is 5.43 Å². The number of aromatic hydroxyl groups is 1. The molecule has 5 nitrogen and oxygen atoms in total. The second-order valence-electron chi connectivity index (χ2n) is 3.27. The zero-order valence-electron chi connectivity index (χ0n) is 8.94. The van der Waals surface area contributed by atoms with Gasteiger partial charge in [-0.2, -0.15) is 15.6 Å². The van der Waals surface area contributed by atoms with Crippen molar-refractivity contribution in [3.63, 3.8) is 0 Å². The molecule has 1 rings (SSSR count). The second-order valence-corrected chi connectivity index (χ2v) is 3.27. The Bertz CT molecular complexity index is 504. The minimum Gasteiger partial charge on any atom is -0.505 e. The average molecular weight is 214 g/mol. The lowest BCUT2D eigenvalue weighted by molar-refractivity contribution is 0.473. The molecular formula is C11H10N4O. The molecule has 2 N–H and O–H groups in total. The second kappa shape index (κ2) is 4.81. The maximum atomic E-state index is 9.68. The van der Waals surface area contributed by atoms with Gasteiger partial charge in [0.15, 0.2) is 0 Å². The molecule has 0 heterocycles. The van der Waals surface area contributed by atoms with E-state index >= 15 is 0 Å². The van der Waals surface area contributed by atoms with Gasteiger partial charge in [0.05, 0.1) is 5.69 Å². The zero-order chi connectivity index (χ0) is 12.1. The maximum absolute atomic E-state index is 9.68. The minimum absolute atomic E-state index is 0.0598. The van der Waals surface area contributed by atoms with Crippen molar-refractivity contribution in [2.24, 2.45) is 5.10 Å². The van der Waals surface area contributed by atoms with E-state index in [1.54, 1.807) is 25.1 Å². The van der Waals surface area contributed by atoms with Crippen LogP contribution in [0.3, 0.4) is 0 Å². The molecule has 80 valence electrons. The molecule has 0 aliphatic carbocycles. The molecule has 0 amide bonds. The molecule has 0 atom stereocenters. The van der Waals surface area contributed by atoms with E-state index in [9.17, 15) is 5.11 Å². The highest BCUT2D eigenvalue weighted by molar-refractivity contribution is 6.10. The quantitative estimate of drug-likeness (QED) is 0.446. The fourth-order valence-electron chi connectivity index (χ4n) is 1.24. The number of aryl methyl sites for hydroxylation is 2. The third-order valence-corrected chi connectivity index (χ3v) is 1.94. The highest BCUT2D eigenvalue weighted by Gasteiger charge is 2.05. The third kappa shape index (κ3) is 2.49. The fraction of sp³-hybridized carbons (Fsp3) is 0.182. The summed E-state index contributed by atoms with van der Waals surface area (Å²) in [7, 11) is 0. The summed E-state index contributed by atoms with van der Waals surface area (Å²) >= 11 is 0. The van der Waals surface area contributed by atoms with Gasteiger partial charge in [0.1, 0.15) is 17.9 Å². The van der Waals surface area contributed by atoms with Crippen LogP contribution in [0.1, 0.15) is 11.1 Å². The first-order chi connectivity index (χ1) is 7.58. The Kier molecular flexibility index (Phi) is 3.47. The van der Waals surface area contributed by atoms with Gasteiger partial charge < -0.3 is 5.11 Å². The highest BCUT2D eigenvalue weighted by Crippen LogP contribution is 2.28. The smallest absolute Gasteiger partial charge is 0.237 e. The topological polar surface area (TPSA) is 92.2 Å². The Morgan fingerprint density at radius 2 is 1.94 bits per heavy atom. The zero-order valence-corrected chi connectivity index (χ0v) is 8.94. The summed E-state index contributed by atoms with van der Waals surface area (Å²) < 4.78 is 0. The predicted octanol–water partition coefficient (Wildman–Crippen LogP) is 1.82. The van der Waals surface area contributed by atoms with Crippen LogP contribution in [0.4, 0.5) is 5.69 Å². The van der Waals surface area contributed by atoms with E-state index in [-0.39, 0.29) is 11.5 Å². The van der Waals surface area contributed by atoms with E-state index in [0.29, 0.717) is 11.3 Å². The van der Waals surface area contributed by atoms with Crippen LogP contribution in [0.15, 0.2) is 17.2 Å². The van der Waals surface area contributed by atoms with Crippen LogP contribution in [0.5, 0.6) is 5.75 Å². The van der Waals surface area contributed by atoms with Crippen LogP contribution in [-0.4, -0.2) is 10.8 Å². The largest absolute Gasteiger partial charge is 0.505 e. The van der Waals surface area contributed by atoms with E-state index in [4.69, 9.17) is 10.5 Å². The van der Waals surface area contributed by atoms with Crippen LogP contribution >= 0.6 is 0 Å². The van der Waals surface area contributed by atoms with Crippen LogP contribution in [0.25, 0.3) is 0 Å². The number of phenols is 1. The third-order valence-electron chi connectivity index (χ3n) is 1.94. The number of benzene rings is 1. The molecule has 0 aliphatic rings. The molecule has 0 bridgehead atoms. The number of nitriles is 2. The van der Waals surface area contributed by atoms with Gasteiger partial charge in [-0.15, -0.1) is 0 Å². The monoisotopic (exact) mass is 214 g/mol. The Morgan fingerprint density at radius 1 is 1.31 bits per heavy atom. The van der Waals surface area contributed by atoms with Crippen LogP contribution in [0, 0.1) is 36.5 Å². The Morgan fingerprint density at radius 3 is 2.50 bits per heavy atom. The van der Waals surface area contributed by atoms with Crippen LogP contribution in [0.2, 0.25) is 0 Å². The van der Waals surface area contributed by atoms with E-state index < -0.39 is 0 Å². The number of nitrogens with one attached hydrogen (secondary N) is 1. The number of nitrogens with zero attached hydrogens (tertiary/aromatic N) is 3. The average Bonchev–Trinajstić information content (AvgIpc) is 2.26. The van der Waals surface area contributed by atoms with Gasteiger partial charge in [-0.1, -0.05) is 6.07 Å². The minimum atomic E-state index is -0.293. The van der Waals surface area contributed by atoms with Gasteiger partial charge in [-0.25, -0.2) is 0 Å². The van der Waals surface area contributed by atoms with Crippen molar-refractivity contribution in [3.05, 3.63) is 23.3 Å². The summed E-state index contributed by atoms with van der Waals surface area (Å²) in [6.45, 7) is 3.63. The lowest BCUT2D eigenvalue weighted by atomic mass is 10.1. The molecule has 5 heteroatoms. The number of hydrogen-bond acceptors (Lipinski definition) is 5. The van der Waals surface area contributed by atoms with Crippen molar-refractivity contribution in [1.29, 1.82) is 10.5 Å². The SMILES string of the molecule is Cc1cc(C)c(O)c(NN=C(C#N)C#N)c1. The molecule has 1 aromatic carbocycles. The molecule has 0 saturated heterocycles. The molecule has 16 heavy (non-hydrogen) atoms. The predicted molar refractivity (Wildman–Crippen MR) is 59.9 cm³/mol. The molecule has 0 fully saturated rings. The summed E-state index contributed by atoms with van der Waals surface area (Å²) in [5.74, 6) is 0.0598. The number of hydrogen-bond donors (Lipinski definition) is 2. The van der Waals surface area contributed by atoms with Crippen molar-refractivity contribution in [1.82, 2.24) is 0 Å². The molecule has 0 saturated carbocycles. The van der Waals surface area contributed by atoms with Crippen molar-refractivity contribution >= 4 is 11.4 Å². The standard InChI is InChI=1S/C11H10N4O/c1-7-3-8(2)11(16)10(4-7)15-14-9(5-12)6-13/h3-4,15-16H,1-2H3. The van der Waals surface area contributed by atoms with Gasteiger partial charge in [0, 0.05) is 0 Å². The van der Waals surface area contributed by atoms with E-state index in [0.717, 1.165) is 5.56 Å². The molecule has 0 aromatic heterocycles.